The third kappa shape index (κ3) is 3.29. The number of nitrogens with one attached hydrogen (secondary N) is 1. The van der Waals surface area contributed by atoms with Crippen LogP contribution in [0.15, 0.2) is 4.99 Å². The van der Waals surface area contributed by atoms with E-state index in [2.05, 4.69) is 17.2 Å². The van der Waals surface area contributed by atoms with Crippen LogP contribution >= 0.6 is 0 Å². The predicted molar refractivity (Wildman–Crippen MR) is 71.5 cm³/mol. The summed E-state index contributed by atoms with van der Waals surface area (Å²) in [6.07, 6.45) is 8.39. The Morgan fingerprint density at radius 1 is 1.35 bits per heavy atom. The van der Waals surface area contributed by atoms with E-state index < -0.39 is 0 Å². The molecule has 2 rings (SSSR count). The number of aliphatic imine (C=N–C) groups is 1. The highest BCUT2D eigenvalue weighted by atomic mass is 16.5. The fraction of sp³-hybridized carbons (Fsp3) is 0.929. The van der Waals surface area contributed by atoms with Crippen LogP contribution in [0.5, 0.6) is 0 Å². The molecule has 3 heteroatoms. The summed E-state index contributed by atoms with van der Waals surface area (Å²) in [6, 6.07) is 0. The molecule has 0 amide bonds. The molecule has 2 aliphatic rings. The molecule has 3 atom stereocenters. The molecule has 3 unspecified atom stereocenters. The highest BCUT2D eigenvalue weighted by molar-refractivity contribution is 5.92. The normalized spacial score (nSPS) is 32.0. The summed E-state index contributed by atoms with van der Waals surface area (Å²) in [7, 11) is 1.84. The number of hydrogen-bond donors (Lipinski definition) is 1. The van der Waals surface area contributed by atoms with Gasteiger partial charge in [-0.2, -0.15) is 0 Å². The van der Waals surface area contributed by atoms with E-state index in [0.29, 0.717) is 5.92 Å². The van der Waals surface area contributed by atoms with Gasteiger partial charge in [0.25, 0.3) is 0 Å². The third-order valence-corrected chi connectivity index (χ3v) is 4.42. The van der Waals surface area contributed by atoms with Crippen LogP contribution in [0.1, 0.15) is 45.4 Å². The van der Waals surface area contributed by atoms with Gasteiger partial charge >= 0.3 is 0 Å². The first-order valence-electron chi connectivity index (χ1n) is 7.11. The molecule has 1 fully saturated rings. The molecule has 0 aromatic heterocycles. The highest BCUT2D eigenvalue weighted by Gasteiger charge is 2.29. The largest absolute Gasteiger partial charge is 0.375 e. The van der Waals surface area contributed by atoms with Gasteiger partial charge in [0, 0.05) is 13.7 Å². The van der Waals surface area contributed by atoms with E-state index in [-0.39, 0.29) is 6.10 Å². The van der Waals surface area contributed by atoms with Crippen LogP contribution in [0.4, 0.5) is 0 Å². The average Bonchev–Trinajstić information content (AvgIpc) is 2.76. The molecule has 3 nitrogen and oxygen atoms in total. The maximum Gasteiger partial charge on any atom is 0.0989 e. The SMILES string of the molecule is CCC1CCCC(C(OC)C2=NCNC2)CC1. The molecular weight excluding hydrogens is 212 g/mol. The first-order chi connectivity index (χ1) is 8.35. The van der Waals surface area contributed by atoms with Crippen LogP contribution in [-0.4, -0.2) is 32.1 Å². The Bertz CT molecular complexity index is 265. The van der Waals surface area contributed by atoms with Crippen LogP contribution in [0.3, 0.4) is 0 Å². The summed E-state index contributed by atoms with van der Waals surface area (Å²) in [5.41, 5.74) is 1.24. The Kier molecular flexibility index (Phi) is 4.99. The molecule has 0 aromatic rings. The summed E-state index contributed by atoms with van der Waals surface area (Å²) in [6.45, 7) is 4.02. The van der Waals surface area contributed by atoms with E-state index in [9.17, 15) is 0 Å². The van der Waals surface area contributed by atoms with E-state index in [4.69, 9.17) is 4.74 Å². The monoisotopic (exact) mass is 238 g/mol. The van der Waals surface area contributed by atoms with Crippen molar-refractivity contribution in [3.8, 4) is 0 Å². The maximum atomic E-state index is 5.73. The summed E-state index contributed by atoms with van der Waals surface area (Å²) in [4.78, 5) is 4.53. The fourth-order valence-corrected chi connectivity index (χ4v) is 3.31. The second kappa shape index (κ2) is 6.50. The van der Waals surface area contributed by atoms with Gasteiger partial charge in [-0.25, -0.2) is 0 Å². The van der Waals surface area contributed by atoms with Crippen molar-refractivity contribution in [2.45, 2.75) is 51.6 Å². The molecule has 1 heterocycles. The van der Waals surface area contributed by atoms with E-state index in [0.717, 1.165) is 19.1 Å². The maximum absolute atomic E-state index is 5.73. The number of nitrogens with zero attached hydrogens (tertiary/aromatic N) is 1. The lowest BCUT2D eigenvalue weighted by molar-refractivity contribution is 0.0960. The zero-order valence-electron chi connectivity index (χ0n) is 11.2. The molecule has 98 valence electrons. The number of hydrogen-bond acceptors (Lipinski definition) is 3. The van der Waals surface area contributed by atoms with Crippen molar-refractivity contribution in [1.29, 1.82) is 0 Å². The first kappa shape index (κ1) is 13.0. The Hall–Kier alpha value is -0.410. The first-order valence-corrected chi connectivity index (χ1v) is 7.11. The number of ether oxygens (including phenoxy) is 1. The van der Waals surface area contributed by atoms with E-state index in [1.54, 1.807) is 0 Å². The molecule has 1 N–H and O–H groups in total. The molecule has 0 aromatic carbocycles. The lowest BCUT2D eigenvalue weighted by Crippen LogP contribution is -2.34. The Balaban J connectivity index is 1.94. The minimum absolute atomic E-state index is 0.264. The van der Waals surface area contributed by atoms with Crippen molar-refractivity contribution >= 4 is 5.71 Å². The molecule has 0 bridgehead atoms. The van der Waals surface area contributed by atoms with Gasteiger partial charge in [-0.05, 0) is 24.7 Å². The molecule has 0 spiro atoms. The molecular formula is C14H26N2O. The van der Waals surface area contributed by atoms with Crippen LogP contribution < -0.4 is 5.32 Å². The standard InChI is InChI=1S/C14H26N2O/c1-3-11-5-4-6-12(8-7-11)14(17-2)13-9-15-10-16-13/h11-12,14-15H,3-10H2,1-2H3. The number of methoxy groups -OCH3 is 1. The summed E-state index contributed by atoms with van der Waals surface area (Å²) >= 11 is 0. The van der Waals surface area contributed by atoms with Gasteiger partial charge in [0.15, 0.2) is 0 Å². The van der Waals surface area contributed by atoms with Crippen molar-refractivity contribution in [3.63, 3.8) is 0 Å². The Labute approximate surface area is 105 Å². The van der Waals surface area contributed by atoms with E-state index in [1.165, 1.54) is 44.2 Å². The zero-order valence-corrected chi connectivity index (χ0v) is 11.2. The smallest absolute Gasteiger partial charge is 0.0989 e. The molecule has 1 aliphatic heterocycles. The second-order valence-electron chi connectivity index (χ2n) is 5.43. The third-order valence-electron chi connectivity index (χ3n) is 4.42. The summed E-state index contributed by atoms with van der Waals surface area (Å²) in [5, 5.41) is 3.28. The average molecular weight is 238 g/mol. The van der Waals surface area contributed by atoms with Crippen molar-refractivity contribution in [1.82, 2.24) is 5.32 Å². The molecule has 0 radical (unpaired) electrons. The van der Waals surface area contributed by atoms with Crippen LogP contribution in [0, 0.1) is 11.8 Å². The molecule has 1 aliphatic carbocycles. The van der Waals surface area contributed by atoms with Crippen molar-refractivity contribution in [2.75, 3.05) is 20.3 Å². The van der Waals surface area contributed by atoms with Gasteiger partial charge in [-0.3, -0.25) is 10.3 Å². The van der Waals surface area contributed by atoms with Gasteiger partial charge in [-0.15, -0.1) is 0 Å². The van der Waals surface area contributed by atoms with Crippen LogP contribution in [0.2, 0.25) is 0 Å². The van der Waals surface area contributed by atoms with Crippen molar-refractivity contribution in [3.05, 3.63) is 0 Å². The topological polar surface area (TPSA) is 33.6 Å². The minimum Gasteiger partial charge on any atom is -0.375 e. The molecule has 17 heavy (non-hydrogen) atoms. The van der Waals surface area contributed by atoms with Gasteiger partial charge < -0.3 is 4.74 Å². The summed E-state index contributed by atoms with van der Waals surface area (Å²) in [5.74, 6) is 1.64. The van der Waals surface area contributed by atoms with Gasteiger partial charge in [0.1, 0.15) is 0 Å². The molecule has 1 saturated carbocycles. The minimum atomic E-state index is 0.264. The zero-order chi connectivity index (χ0) is 12.1. The van der Waals surface area contributed by atoms with E-state index in [1.807, 2.05) is 7.11 Å². The number of rotatable bonds is 4. The van der Waals surface area contributed by atoms with Crippen molar-refractivity contribution < 1.29 is 4.74 Å². The lowest BCUT2D eigenvalue weighted by atomic mass is 9.90. The van der Waals surface area contributed by atoms with Gasteiger partial charge in [0.05, 0.1) is 18.5 Å². The van der Waals surface area contributed by atoms with Gasteiger partial charge in [0.2, 0.25) is 0 Å². The Morgan fingerprint density at radius 2 is 2.24 bits per heavy atom. The van der Waals surface area contributed by atoms with Crippen LogP contribution in [-0.2, 0) is 4.74 Å². The van der Waals surface area contributed by atoms with Crippen LogP contribution in [0.25, 0.3) is 0 Å². The van der Waals surface area contributed by atoms with Gasteiger partial charge in [-0.1, -0.05) is 32.6 Å². The van der Waals surface area contributed by atoms with E-state index >= 15 is 0 Å². The fourth-order valence-electron chi connectivity index (χ4n) is 3.31. The second-order valence-corrected chi connectivity index (χ2v) is 5.43. The van der Waals surface area contributed by atoms with Crippen molar-refractivity contribution in [2.24, 2.45) is 16.8 Å². The summed E-state index contributed by atoms with van der Waals surface area (Å²) < 4.78 is 5.73. The quantitative estimate of drug-likeness (QED) is 0.764. The lowest BCUT2D eigenvalue weighted by Gasteiger charge is -2.25. The molecule has 0 saturated heterocycles. The predicted octanol–water partition coefficient (Wildman–Crippen LogP) is 2.61. The highest BCUT2D eigenvalue weighted by Crippen LogP contribution is 2.32. The Morgan fingerprint density at radius 3 is 2.88 bits per heavy atom.